The van der Waals surface area contributed by atoms with Gasteiger partial charge < -0.3 is 30.3 Å². The molecule has 0 radical (unpaired) electrons. The van der Waals surface area contributed by atoms with Crippen molar-refractivity contribution in [2.24, 2.45) is 0 Å². The number of fused-ring (bicyclic) bond motifs is 1. The molecular weight excluding hydrogens is 855 g/mol. The fraction of sp³-hybridized carbons (Fsp3) is 0.396. The minimum absolute atomic E-state index is 0. The van der Waals surface area contributed by atoms with Gasteiger partial charge in [-0.25, -0.2) is 4.98 Å². The maximum Gasteiger partial charge on any atom is 0.134 e. The monoisotopic (exact) mass is 920 g/mol. The number of benzene rings is 4. The van der Waals surface area contributed by atoms with Gasteiger partial charge in [-0.2, -0.15) is 42.3 Å². The van der Waals surface area contributed by atoms with E-state index in [1.165, 1.54) is 38.9 Å². The minimum atomic E-state index is -0.307. The zero-order valence-electron chi connectivity index (χ0n) is 36.4. The third-order valence-electron chi connectivity index (χ3n) is 9.11. The number of nitrogens with zero attached hydrogens (tertiary/aromatic N) is 6. The normalized spacial score (nSPS) is 11.1. The Morgan fingerprint density at radius 1 is 0.696 bits per heavy atom. The van der Waals surface area contributed by atoms with Gasteiger partial charge in [-0.15, -0.1) is 5.69 Å². The Balaban J connectivity index is 0.000000991. The van der Waals surface area contributed by atoms with Crippen molar-refractivity contribution < 1.29 is 30.3 Å². The third-order valence-corrected chi connectivity index (χ3v) is 9.11. The van der Waals surface area contributed by atoms with Crippen LogP contribution in [0.15, 0.2) is 95.5 Å². The van der Waals surface area contributed by atoms with Crippen molar-refractivity contribution in [3.8, 4) is 11.3 Å². The van der Waals surface area contributed by atoms with Crippen LogP contribution in [0.25, 0.3) is 43.5 Å². The summed E-state index contributed by atoms with van der Waals surface area (Å²) in [7, 11) is 10.5. The molecule has 0 bridgehead atoms. The second-order valence-electron chi connectivity index (χ2n) is 14.6. The van der Waals surface area contributed by atoms with Crippen LogP contribution < -0.4 is 0 Å². The molecule has 7 nitrogen and oxygen atoms in total. The van der Waals surface area contributed by atoms with Gasteiger partial charge in [0.15, 0.2) is 0 Å². The van der Waals surface area contributed by atoms with Crippen LogP contribution in [-0.4, -0.2) is 51.8 Å². The number of aromatic nitrogens is 2. The van der Waals surface area contributed by atoms with Gasteiger partial charge in [0.25, 0.3) is 0 Å². The molecule has 0 N–H and O–H groups in total. The van der Waals surface area contributed by atoms with Crippen molar-refractivity contribution in [3.05, 3.63) is 163 Å². The summed E-state index contributed by atoms with van der Waals surface area (Å²) in [5.74, 6) is 2.57. The fourth-order valence-corrected chi connectivity index (χ4v) is 6.97. The molecule has 2 heterocycles. The summed E-state index contributed by atoms with van der Waals surface area (Å²) >= 11 is 0. The number of furan rings is 1. The Bertz CT molecular complexity index is 1990. The number of rotatable bonds is 10. The molecule has 0 saturated heterocycles. The third kappa shape index (κ3) is 12.3. The van der Waals surface area contributed by atoms with Crippen molar-refractivity contribution in [1.29, 1.82) is 0 Å². The van der Waals surface area contributed by atoms with E-state index in [0.717, 1.165) is 45.9 Å². The smallest absolute Gasteiger partial charge is 0.134 e. The molecular formula is C48H64HfN6O-4. The van der Waals surface area contributed by atoms with E-state index in [9.17, 15) is 0 Å². The van der Waals surface area contributed by atoms with Gasteiger partial charge in [0.2, 0.25) is 0 Å². The van der Waals surface area contributed by atoms with Crippen molar-refractivity contribution in [2.45, 2.75) is 86.2 Å². The molecule has 0 spiro atoms. The zero-order chi connectivity index (χ0) is 40.7. The Hall–Kier alpha value is -3.82. The van der Waals surface area contributed by atoms with Crippen LogP contribution in [-0.2, 0) is 38.8 Å². The number of aryl methyl sites for hydroxylation is 4. The van der Waals surface area contributed by atoms with E-state index >= 15 is 0 Å². The summed E-state index contributed by atoms with van der Waals surface area (Å²) in [4.78, 5) is 5.54. The van der Waals surface area contributed by atoms with Crippen molar-refractivity contribution in [2.75, 3.05) is 42.3 Å². The molecule has 56 heavy (non-hydrogen) atoms. The van der Waals surface area contributed by atoms with Crippen molar-refractivity contribution in [3.63, 3.8) is 0 Å². The maximum absolute atomic E-state index is 6.37. The summed E-state index contributed by atoms with van der Waals surface area (Å²) in [5, 5.41) is 17.4. The molecule has 0 saturated carbocycles. The number of para-hydroxylation sites is 2. The van der Waals surface area contributed by atoms with E-state index in [2.05, 4.69) is 155 Å². The molecule has 4 aromatic carbocycles. The molecule has 1 unspecified atom stereocenters. The zero-order valence-corrected chi connectivity index (χ0v) is 40.0. The molecule has 6 rings (SSSR count). The predicted octanol–water partition coefficient (Wildman–Crippen LogP) is 13.7. The van der Waals surface area contributed by atoms with Gasteiger partial charge in [0.1, 0.15) is 11.3 Å². The molecule has 0 fully saturated rings. The molecule has 0 aliphatic carbocycles. The number of hydrogen-bond acceptors (Lipinski definition) is 2. The second kappa shape index (κ2) is 24.1. The second-order valence-corrected chi connectivity index (χ2v) is 14.6. The summed E-state index contributed by atoms with van der Waals surface area (Å²) in [6, 6.07) is 29.9. The van der Waals surface area contributed by atoms with E-state index in [1.54, 1.807) is 42.3 Å². The van der Waals surface area contributed by atoms with E-state index < -0.39 is 0 Å². The topological polar surface area (TPSA) is 87.4 Å². The van der Waals surface area contributed by atoms with Crippen LogP contribution in [0.2, 0.25) is 0 Å². The fourth-order valence-electron chi connectivity index (χ4n) is 6.97. The van der Waals surface area contributed by atoms with Crippen LogP contribution in [0, 0.1) is 20.8 Å². The van der Waals surface area contributed by atoms with Crippen LogP contribution >= 0.6 is 0 Å². The number of hydrogen-bond donors (Lipinski definition) is 0. The van der Waals surface area contributed by atoms with Crippen molar-refractivity contribution >= 4 is 16.7 Å². The Kier molecular flexibility index (Phi) is 20.8. The van der Waals surface area contributed by atoms with Gasteiger partial charge in [0.05, 0.1) is 17.1 Å². The van der Waals surface area contributed by atoms with Crippen LogP contribution in [0.3, 0.4) is 0 Å². The van der Waals surface area contributed by atoms with Gasteiger partial charge in [-0.1, -0.05) is 130 Å². The standard InChI is InChI=1S/C42H46N3O.3C2H6N.Hf/c1-9-36-39(34-18-13-14-21-37(34)46-36)35-25-45(24-31-16-11-10-12-17-31)42(43-35)41(38-29(7)22-28(6)23-30(38)8)44-40-32(26(2)3)19-15-20-33(40)27(4)5;3*1-3-2;/h10-23,25-27,41H,9,24H2,1-8H3;3*1-2H3;/q4*-1;. The first kappa shape index (κ1) is 48.3. The minimum Gasteiger partial charge on any atom is -0.671 e. The molecule has 6 aromatic rings. The molecule has 0 aliphatic heterocycles. The summed E-state index contributed by atoms with van der Waals surface area (Å²) in [6.07, 6.45) is 3.01. The molecule has 1 atom stereocenters. The predicted molar refractivity (Wildman–Crippen MR) is 238 cm³/mol. The van der Waals surface area contributed by atoms with E-state index in [1.807, 2.05) is 12.1 Å². The van der Waals surface area contributed by atoms with Gasteiger partial charge in [0, 0.05) is 50.4 Å². The molecule has 8 heteroatoms. The Morgan fingerprint density at radius 2 is 1.21 bits per heavy atom. The molecule has 0 aliphatic rings. The average Bonchev–Trinajstić information content (AvgIpc) is 3.73. The van der Waals surface area contributed by atoms with E-state index in [0.29, 0.717) is 18.4 Å². The molecule has 300 valence electrons. The Labute approximate surface area is 357 Å². The van der Waals surface area contributed by atoms with E-state index in [4.69, 9.17) is 14.7 Å². The number of imidazole rings is 1. The quantitative estimate of drug-likeness (QED) is 0.128. The first-order chi connectivity index (χ1) is 26.4. The average molecular weight is 920 g/mol. The van der Waals surface area contributed by atoms with Gasteiger partial charge in [-0.05, 0) is 67.0 Å². The first-order valence-corrected chi connectivity index (χ1v) is 19.4. The van der Waals surface area contributed by atoms with Crippen LogP contribution in [0.1, 0.15) is 103 Å². The van der Waals surface area contributed by atoms with Crippen LogP contribution in [0.4, 0.5) is 5.69 Å². The first-order valence-electron chi connectivity index (χ1n) is 19.4. The Morgan fingerprint density at radius 3 is 1.73 bits per heavy atom. The van der Waals surface area contributed by atoms with Crippen LogP contribution in [0.5, 0.6) is 0 Å². The summed E-state index contributed by atoms with van der Waals surface area (Å²) < 4.78 is 8.70. The largest absolute Gasteiger partial charge is 0.671 e. The summed E-state index contributed by atoms with van der Waals surface area (Å²) in [6.45, 7) is 18.5. The van der Waals surface area contributed by atoms with Gasteiger partial charge >= 0.3 is 0 Å². The SMILES string of the molecule is CCc1oc2ccccc2c1-c1cn(Cc2ccccc2)c(C([N-]c2c(C(C)C)cccc2C(C)C)c2c(C)cc(C)cc2C)n1.C[N-]C.C[N-]C.C[N-]C.[Hf]. The molecule has 2 aromatic heterocycles. The van der Waals surface area contributed by atoms with E-state index in [-0.39, 0.29) is 31.9 Å². The summed E-state index contributed by atoms with van der Waals surface area (Å²) in [5.41, 5.74) is 12.7. The van der Waals surface area contributed by atoms with Crippen molar-refractivity contribution in [1.82, 2.24) is 9.55 Å². The molecule has 0 amide bonds. The maximum atomic E-state index is 6.37. The van der Waals surface area contributed by atoms with Gasteiger partial charge in [-0.3, -0.25) is 0 Å².